The first-order chi connectivity index (χ1) is 24.4. The lowest BCUT2D eigenvalue weighted by Gasteiger charge is -2.26. The molecular weight excluding hydrogens is 679 g/mol. The molecule has 3 aromatic rings. The minimum Gasteiger partial charge on any atom is -0.456 e. The van der Waals surface area contributed by atoms with Gasteiger partial charge < -0.3 is 25.8 Å². The number of hydrogen-bond acceptors (Lipinski definition) is 8. The number of nitrogens with one attached hydrogen (secondary N) is 1. The highest BCUT2D eigenvalue weighted by Gasteiger charge is 2.36. The van der Waals surface area contributed by atoms with E-state index in [0.717, 1.165) is 35.7 Å². The summed E-state index contributed by atoms with van der Waals surface area (Å²) in [7, 11) is -4.22. The van der Waals surface area contributed by atoms with E-state index in [1.165, 1.54) is 22.5 Å². The van der Waals surface area contributed by atoms with Gasteiger partial charge in [-0.15, -0.1) is 0 Å². The van der Waals surface area contributed by atoms with Gasteiger partial charge >= 0.3 is 5.97 Å². The van der Waals surface area contributed by atoms with E-state index >= 15 is 0 Å². The van der Waals surface area contributed by atoms with Crippen molar-refractivity contribution in [2.24, 2.45) is 5.73 Å². The zero-order valence-electron chi connectivity index (χ0n) is 29.6. The molecule has 1 aliphatic heterocycles. The Morgan fingerprint density at radius 3 is 2.29 bits per heavy atom. The van der Waals surface area contributed by atoms with Crippen molar-refractivity contribution in [1.82, 2.24) is 14.5 Å². The van der Waals surface area contributed by atoms with Crippen LogP contribution in [-0.4, -0.2) is 85.6 Å². The molecule has 0 spiro atoms. The summed E-state index contributed by atoms with van der Waals surface area (Å²) in [6.45, 7) is 7.09. The predicted octanol–water partition coefficient (Wildman–Crippen LogP) is 4.82. The summed E-state index contributed by atoms with van der Waals surface area (Å²) >= 11 is 0. The molecule has 1 amide bonds. The number of carbonyl (C=O) groups is 2. The molecular formula is C38H50F2N4O6S. The number of hydrogen-bond donors (Lipinski definition) is 3. The molecule has 0 unspecified atom stereocenters. The Bertz CT molecular complexity index is 1730. The molecule has 1 heterocycles. The van der Waals surface area contributed by atoms with E-state index in [2.05, 4.69) is 18.3 Å². The second kappa shape index (κ2) is 18.7. The Morgan fingerprint density at radius 1 is 0.980 bits per heavy atom. The summed E-state index contributed by atoms with van der Waals surface area (Å²) in [5.41, 5.74) is 8.81. The lowest BCUT2D eigenvalue weighted by atomic mass is 10.0. The normalized spacial score (nSPS) is 16.2. The number of halogens is 2. The van der Waals surface area contributed by atoms with E-state index in [-0.39, 0.29) is 47.7 Å². The van der Waals surface area contributed by atoms with Crippen molar-refractivity contribution in [2.45, 2.75) is 88.9 Å². The number of sulfonamides is 1. The van der Waals surface area contributed by atoms with Crippen LogP contribution < -0.4 is 11.1 Å². The maximum absolute atomic E-state index is 14.0. The Kier molecular flexibility index (Phi) is 14.6. The summed E-state index contributed by atoms with van der Waals surface area (Å²) in [5.74, 6) is -2.88. The van der Waals surface area contributed by atoms with Gasteiger partial charge in [0.25, 0.3) is 5.91 Å². The van der Waals surface area contributed by atoms with Crippen molar-refractivity contribution in [3.63, 3.8) is 0 Å². The number of rotatable bonds is 18. The molecule has 51 heavy (non-hydrogen) atoms. The third-order valence-corrected chi connectivity index (χ3v) is 10.9. The van der Waals surface area contributed by atoms with Gasteiger partial charge in [0.05, 0.1) is 17.1 Å². The molecule has 13 heteroatoms. The monoisotopic (exact) mass is 728 g/mol. The number of benzene rings is 3. The maximum Gasteiger partial charge on any atom is 0.338 e. The van der Waals surface area contributed by atoms with Gasteiger partial charge in [-0.05, 0) is 85.5 Å². The number of esters is 1. The van der Waals surface area contributed by atoms with E-state index in [9.17, 15) is 31.9 Å². The molecule has 0 radical (unpaired) electrons. The van der Waals surface area contributed by atoms with Crippen molar-refractivity contribution in [2.75, 3.05) is 32.8 Å². The highest BCUT2D eigenvalue weighted by Crippen LogP contribution is 2.28. The van der Waals surface area contributed by atoms with Crippen LogP contribution in [0.4, 0.5) is 8.78 Å². The van der Waals surface area contributed by atoms with E-state index in [4.69, 9.17) is 10.5 Å². The molecule has 4 N–H and O–H groups in total. The van der Waals surface area contributed by atoms with Gasteiger partial charge in [0.2, 0.25) is 10.0 Å². The first kappa shape index (κ1) is 40.0. The van der Waals surface area contributed by atoms with Gasteiger partial charge in [0.15, 0.2) is 0 Å². The van der Waals surface area contributed by atoms with Crippen LogP contribution >= 0.6 is 0 Å². The summed E-state index contributed by atoms with van der Waals surface area (Å²) in [4.78, 5) is 29.1. The molecule has 0 saturated carbocycles. The molecule has 278 valence electrons. The van der Waals surface area contributed by atoms with Crippen LogP contribution in [0.15, 0.2) is 65.6 Å². The Hall–Kier alpha value is -3.75. The van der Waals surface area contributed by atoms with Gasteiger partial charge in [-0.3, -0.25) is 4.79 Å². The van der Waals surface area contributed by atoms with Gasteiger partial charge in [-0.1, -0.05) is 45.0 Å². The first-order valence-corrected chi connectivity index (χ1v) is 19.1. The summed E-state index contributed by atoms with van der Waals surface area (Å²) < 4.78 is 63.1. The van der Waals surface area contributed by atoms with E-state index in [1.54, 1.807) is 4.90 Å². The molecule has 1 saturated heterocycles. The van der Waals surface area contributed by atoms with Gasteiger partial charge in [0, 0.05) is 56.4 Å². The number of aliphatic hydroxyl groups is 1. The average molecular weight is 729 g/mol. The third-order valence-electron chi connectivity index (χ3n) is 9.01. The van der Waals surface area contributed by atoms with Crippen LogP contribution in [0.5, 0.6) is 0 Å². The molecule has 4 rings (SSSR count). The lowest BCUT2D eigenvalue weighted by Crippen LogP contribution is -2.46. The fourth-order valence-corrected chi connectivity index (χ4v) is 8.16. The number of aliphatic hydroxyl groups excluding tert-OH is 1. The molecule has 0 aromatic heterocycles. The topological polar surface area (TPSA) is 142 Å². The molecule has 1 aliphatic rings. The van der Waals surface area contributed by atoms with Crippen molar-refractivity contribution in [3.05, 3.63) is 100 Å². The first-order valence-electron chi connectivity index (χ1n) is 17.7. The number of nitrogens with two attached hydrogens (primary N) is 1. The fraction of sp³-hybridized carbons (Fsp3) is 0.474. The number of nitrogens with zero attached hydrogens (tertiary/aromatic N) is 2. The van der Waals surface area contributed by atoms with Crippen LogP contribution in [-0.2, 0) is 34.1 Å². The van der Waals surface area contributed by atoms with Gasteiger partial charge in [-0.25, -0.2) is 22.0 Å². The fourth-order valence-electron chi connectivity index (χ4n) is 6.41. The second-order valence-electron chi connectivity index (χ2n) is 13.0. The van der Waals surface area contributed by atoms with Crippen molar-refractivity contribution in [1.29, 1.82) is 0 Å². The maximum atomic E-state index is 14.0. The molecule has 3 aromatic carbocycles. The van der Waals surface area contributed by atoms with Gasteiger partial charge in [0.1, 0.15) is 17.7 Å². The summed E-state index contributed by atoms with van der Waals surface area (Å²) in [5, 5.41) is 13.1. The molecule has 1 fully saturated rings. The van der Waals surface area contributed by atoms with E-state index < -0.39 is 51.7 Å². The lowest BCUT2D eigenvalue weighted by molar-refractivity contribution is 0.0237. The van der Waals surface area contributed by atoms with Crippen molar-refractivity contribution < 1.29 is 36.6 Å². The van der Waals surface area contributed by atoms with E-state index in [1.807, 2.05) is 32.0 Å². The highest BCUT2D eigenvalue weighted by molar-refractivity contribution is 7.89. The number of amides is 1. The standard InChI is InChI=1S/C38H50F2N4O6S/c1-4-12-43(13-5-2)37(46)29-19-30(21-34(20-29)51(48,49)44-14-8-11-33(44)25-45)38(47)50-36(24-42-23-27-10-7-9-26(6-3)15-27)35(41)18-28-16-31(39)22-32(40)17-28/h7,9-10,15-17,19-22,33,35-36,42,45H,4-6,8,11-14,18,23-25,41H2,1-3H3/t33-,35+,36-/m1/s1. The van der Waals surface area contributed by atoms with Crippen LogP contribution in [0.25, 0.3) is 0 Å². The van der Waals surface area contributed by atoms with Crippen molar-refractivity contribution in [3.8, 4) is 0 Å². The molecule has 0 aliphatic carbocycles. The molecule has 10 nitrogen and oxygen atoms in total. The molecule has 3 atom stereocenters. The van der Waals surface area contributed by atoms with Crippen LogP contribution in [0.1, 0.15) is 83.9 Å². The summed E-state index contributed by atoms with van der Waals surface area (Å²) in [6.07, 6.45) is 2.20. The Labute approximate surface area is 300 Å². The van der Waals surface area contributed by atoms with E-state index in [0.29, 0.717) is 45.3 Å². The molecule has 0 bridgehead atoms. The minimum absolute atomic E-state index is 0.00897. The highest BCUT2D eigenvalue weighted by atomic mass is 32.2. The average Bonchev–Trinajstić information content (AvgIpc) is 3.60. The number of ether oxygens (including phenoxy) is 1. The number of carbonyl (C=O) groups excluding carboxylic acids is 2. The third kappa shape index (κ3) is 10.6. The van der Waals surface area contributed by atoms with Crippen LogP contribution in [0, 0.1) is 11.6 Å². The SMILES string of the molecule is CCCN(CCC)C(=O)c1cc(C(=O)O[C@H](CNCc2cccc(CC)c2)[C@@H](N)Cc2cc(F)cc(F)c2)cc(S(=O)(=O)N2CCC[C@@H]2CO)c1. The van der Waals surface area contributed by atoms with Crippen LogP contribution in [0.2, 0.25) is 0 Å². The smallest absolute Gasteiger partial charge is 0.338 e. The quantitative estimate of drug-likeness (QED) is 0.159. The van der Waals surface area contributed by atoms with Gasteiger partial charge in [-0.2, -0.15) is 4.31 Å². The summed E-state index contributed by atoms with van der Waals surface area (Å²) in [6, 6.07) is 13.3. The van der Waals surface area contributed by atoms with Crippen molar-refractivity contribution >= 4 is 21.9 Å². The largest absolute Gasteiger partial charge is 0.456 e. The zero-order chi connectivity index (χ0) is 37.1. The predicted molar refractivity (Wildman–Crippen MR) is 192 cm³/mol. The Balaban J connectivity index is 1.69. The second-order valence-corrected chi connectivity index (χ2v) is 14.9. The zero-order valence-corrected chi connectivity index (χ0v) is 30.4. The Morgan fingerprint density at radius 2 is 1.65 bits per heavy atom. The number of aryl methyl sites for hydroxylation is 1. The minimum atomic E-state index is -4.22. The van der Waals surface area contributed by atoms with Crippen LogP contribution in [0.3, 0.4) is 0 Å².